The van der Waals surface area contributed by atoms with Crippen LogP contribution in [0.15, 0.2) is 47.6 Å². The predicted octanol–water partition coefficient (Wildman–Crippen LogP) is 5.53. The Balaban J connectivity index is 2.20. The van der Waals surface area contributed by atoms with Crippen LogP contribution in [-0.2, 0) is 0 Å². The fourth-order valence-electron chi connectivity index (χ4n) is 3.03. The Morgan fingerprint density at radius 2 is 1.66 bits per heavy atom. The summed E-state index contributed by atoms with van der Waals surface area (Å²) in [5, 5.41) is 13.9. The van der Waals surface area contributed by atoms with Gasteiger partial charge in [-0.25, -0.2) is 9.97 Å². The number of benzene rings is 2. The molecule has 0 amide bonds. The quantitative estimate of drug-likeness (QED) is 0.336. The van der Waals surface area contributed by atoms with Crippen molar-refractivity contribution in [2.45, 2.75) is 19.0 Å². The molecule has 3 rings (SSSR count). The molecule has 0 radical (unpaired) electrons. The molecule has 1 aromatic heterocycles. The fourth-order valence-corrected chi connectivity index (χ4v) is 3.82. The SMILES string of the molecule is COc1cc(-c2nc(SCC(C)C)nc(Nc3ccccc3)c2C#N)cc(OC)c1OC. The molecule has 0 bridgehead atoms. The number of thioether (sulfide) groups is 1. The lowest BCUT2D eigenvalue weighted by Gasteiger charge is -2.16. The molecule has 1 heterocycles. The minimum absolute atomic E-state index is 0.331. The average molecular weight is 451 g/mol. The number of nitrogens with zero attached hydrogens (tertiary/aromatic N) is 3. The van der Waals surface area contributed by atoms with Gasteiger partial charge in [0.15, 0.2) is 22.5 Å². The second-order valence-electron chi connectivity index (χ2n) is 7.30. The molecule has 0 unspecified atom stereocenters. The van der Waals surface area contributed by atoms with Crippen LogP contribution in [0, 0.1) is 17.2 Å². The first-order valence-electron chi connectivity index (χ1n) is 10.1. The molecule has 0 aliphatic heterocycles. The van der Waals surface area contributed by atoms with Crippen LogP contribution in [0.3, 0.4) is 0 Å². The topological polar surface area (TPSA) is 89.3 Å². The maximum Gasteiger partial charge on any atom is 0.203 e. The summed E-state index contributed by atoms with van der Waals surface area (Å²) in [6.45, 7) is 4.28. The molecule has 0 atom stereocenters. The molecule has 0 fully saturated rings. The molecular formula is C24H26N4O3S. The molecule has 2 aromatic carbocycles. The number of anilines is 2. The molecule has 0 aliphatic carbocycles. The van der Waals surface area contributed by atoms with Crippen LogP contribution in [0.1, 0.15) is 19.4 Å². The summed E-state index contributed by atoms with van der Waals surface area (Å²) in [6, 6.07) is 15.5. The van der Waals surface area contributed by atoms with Crippen LogP contribution in [0.5, 0.6) is 17.2 Å². The monoisotopic (exact) mass is 450 g/mol. The van der Waals surface area contributed by atoms with E-state index < -0.39 is 0 Å². The molecule has 0 saturated carbocycles. The van der Waals surface area contributed by atoms with E-state index in [1.54, 1.807) is 45.2 Å². The lowest BCUT2D eigenvalue weighted by Crippen LogP contribution is -2.05. The summed E-state index contributed by atoms with van der Waals surface area (Å²) in [4.78, 5) is 9.38. The van der Waals surface area contributed by atoms with Gasteiger partial charge in [-0.3, -0.25) is 0 Å². The molecule has 166 valence electrons. The minimum Gasteiger partial charge on any atom is -0.493 e. The number of rotatable bonds is 9. The molecule has 0 aliphatic rings. The predicted molar refractivity (Wildman–Crippen MR) is 127 cm³/mol. The molecule has 3 aromatic rings. The normalized spacial score (nSPS) is 10.5. The van der Waals surface area contributed by atoms with Crippen molar-refractivity contribution in [1.29, 1.82) is 5.26 Å². The second kappa shape index (κ2) is 10.7. The first-order chi connectivity index (χ1) is 15.5. The highest BCUT2D eigenvalue weighted by Crippen LogP contribution is 2.42. The molecule has 32 heavy (non-hydrogen) atoms. The molecule has 1 N–H and O–H groups in total. The third-order valence-electron chi connectivity index (χ3n) is 4.52. The third kappa shape index (κ3) is 5.24. The number of nitrogens with one attached hydrogen (secondary N) is 1. The Morgan fingerprint density at radius 1 is 1.00 bits per heavy atom. The zero-order chi connectivity index (χ0) is 23.1. The van der Waals surface area contributed by atoms with Crippen LogP contribution < -0.4 is 19.5 Å². The van der Waals surface area contributed by atoms with Crippen LogP contribution in [0.25, 0.3) is 11.3 Å². The minimum atomic E-state index is 0.331. The number of aromatic nitrogens is 2. The molecule has 0 saturated heterocycles. The van der Waals surface area contributed by atoms with Gasteiger partial charge < -0.3 is 19.5 Å². The summed E-state index contributed by atoms with van der Waals surface area (Å²) in [5.74, 6) is 3.21. The highest BCUT2D eigenvalue weighted by Gasteiger charge is 2.21. The van der Waals surface area contributed by atoms with Crippen molar-refractivity contribution in [2.75, 3.05) is 32.4 Å². The van der Waals surface area contributed by atoms with E-state index >= 15 is 0 Å². The first-order valence-corrected chi connectivity index (χ1v) is 11.1. The highest BCUT2D eigenvalue weighted by atomic mass is 32.2. The van der Waals surface area contributed by atoms with Gasteiger partial charge in [-0.2, -0.15) is 5.26 Å². The largest absolute Gasteiger partial charge is 0.493 e. The zero-order valence-electron chi connectivity index (χ0n) is 18.8. The summed E-state index contributed by atoms with van der Waals surface area (Å²) in [5.41, 5.74) is 2.32. The maximum absolute atomic E-state index is 10.0. The van der Waals surface area contributed by atoms with E-state index in [1.165, 1.54) is 0 Å². The van der Waals surface area contributed by atoms with E-state index in [1.807, 2.05) is 30.3 Å². The van der Waals surface area contributed by atoms with Crippen LogP contribution in [0.2, 0.25) is 0 Å². The van der Waals surface area contributed by atoms with E-state index in [9.17, 15) is 5.26 Å². The Bertz CT molecular complexity index is 1090. The maximum atomic E-state index is 10.0. The lowest BCUT2D eigenvalue weighted by atomic mass is 10.1. The van der Waals surface area contributed by atoms with Crippen molar-refractivity contribution in [2.24, 2.45) is 5.92 Å². The van der Waals surface area contributed by atoms with Crippen LogP contribution >= 0.6 is 11.8 Å². The molecule has 0 spiro atoms. The molecule has 8 heteroatoms. The van der Waals surface area contributed by atoms with E-state index in [0.717, 1.165) is 11.4 Å². The Labute approximate surface area is 192 Å². The number of hydrogen-bond donors (Lipinski definition) is 1. The third-order valence-corrected chi connectivity index (χ3v) is 5.79. The van der Waals surface area contributed by atoms with Crippen molar-refractivity contribution in [3.8, 4) is 34.6 Å². The van der Waals surface area contributed by atoms with Crippen molar-refractivity contribution in [1.82, 2.24) is 9.97 Å². The summed E-state index contributed by atoms with van der Waals surface area (Å²) in [7, 11) is 4.66. The Hall–Kier alpha value is -3.44. The number of para-hydroxylation sites is 1. The first kappa shape index (κ1) is 23.2. The van der Waals surface area contributed by atoms with E-state index in [4.69, 9.17) is 19.2 Å². The van der Waals surface area contributed by atoms with E-state index in [0.29, 0.717) is 51.0 Å². The van der Waals surface area contributed by atoms with Crippen molar-refractivity contribution in [3.63, 3.8) is 0 Å². The average Bonchev–Trinajstić information content (AvgIpc) is 2.82. The standard InChI is InChI=1S/C24H26N4O3S/c1-15(2)14-32-24-27-21(16-11-19(29-3)22(31-5)20(12-16)30-4)18(13-25)23(28-24)26-17-9-7-6-8-10-17/h6-12,15H,14H2,1-5H3,(H,26,27,28). The number of ether oxygens (including phenoxy) is 3. The van der Waals surface area contributed by atoms with Gasteiger partial charge >= 0.3 is 0 Å². The van der Waals surface area contributed by atoms with Gasteiger partial charge in [0.2, 0.25) is 5.75 Å². The van der Waals surface area contributed by atoms with Crippen LogP contribution in [-0.4, -0.2) is 37.1 Å². The lowest BCUT2D eigenvalue weighted by molar-refractivity contribution is 0.324. The summed E-state index contributed by atoms with van der Waals surface area (Å²) < 4.78 is 16.4. The van der Waals surface area contributed by atoms with Crippen LogP contribution in [0.4, 0.5) is 11.5 Å². The van der Waals surface area contributed by atoms with Gasteiger partial charge in [0.25, 0.3) is 0 Å². The summed E-state index contributed by atoms with van der Waals surface area (Å²) >= 11 is 1.55. The number of methoxy groups -OCH3 is 3. The molecule has 7 nitrogen and oxygen atoms in total. The smallest absolute Gasteiger partial charge is 0.203 e. The van der Waals surface area contributed by atoms with Crippen molar-refractivity contribution in [3.05, 3.63) is 48.0 Å². The number of nitriles is 1. The van der Waals surface area contributed by atoms with Gasteiger partial charge in [-0.1, -0.05) is 43.8 Å². The highest BCUT2D eigenvalue weighted by molar-refractivity contribution is 7.99. The fraction of sp³-hybridized carbons (Fsp3) is 0.292. The van der Waals surface area contributed by atoms with Gasteiger partial charge in [0.05, 0.1) is 27.0 Å². The van der Waals surface area contributed by atoms with Crippen molar-refractivity contribution < 1.29 is 14.2 Å². The summed E-state index contributed by atoms with van der Waals surface area (Å²) in [6.07, 6.45) is 0. The van der Waals surface area contributed by atoms with Gasteiger partial charge in [-0.05, 0) is 30.2 Å². The Morgan fingerprint density at radius 3 is 2.19 bits per heavy atom. The van der Waals surface area contributed by atoms with E-state index in [2.05, 4.69) is 30.2 Å². The van der Waals surface area contributed by atoms with Gasteiger partial charge in [0, 0.05) is 17.0 Å². The van der Waals surface area contributed by atoms with Gasteiger partial charge in [0.1, 0.15) is 11.6 Å². The zero-order valence-corrected chi connectivity index (χ0v) is 19.6. The number of hydrogen-bond acceptors (Lipinski definition) is 8. The van der Waals surface area contributed by atoms with Crippen molar-refractivity contribution >= 4 is 23.3 Å². The second-order valence-corrected chi connectivity index (χ2v) is 8.29. The van der Waals surface area contributed by atoms with E-state index in [-0.39, 0.29) is 0 Å². The Kier molecular flexibility index (Phi) is 7.79. The van der Waals surface area contributed by atoms with Gasteiger partial charge in [-0.15, -0.1) is 0 Å². The molecular weight excluding hydrogens is 424 g/mol.